The van der Waals surface area contributed by atoms with Gasteiger partial charge in [0.25, 0.3) is 0 Å². The van der Waals surface area contributed by atoms with Gasteiger partial charge in [0, 0.05) is 46.9 Å². The summed E-state index contributed by atoms with van der Waals surface area (Å²) < 4.78 is 13.0. The van der Waals surface area contributed by atoms with Gasteiger partial charge < -0.3 is 14.0 Å². The van der Waals surface area contributed by atoms with Gasteiger partial charge in [0.1, 0.15) is 12.4 Å². The standard InChI is InChI=1S/C16H17BrNO3.Y/c1-11-4-7-15(18(2)16(11)19)13-6-5-12(10-14(13)17)21-9-8-20-3;/h4-6,10H,8-9H2,1-3H3;/q-1;. The maximum absolute atomic E-state index is 12.0. The van der Waals surface area contributed by atoms with Gasteiger partial charge in [-0.25, -0.2) is 0 Å². The van der Waals surface area contributed by atoms with Gasteiger partial charge in [-0.1, -0.05) is 39.7 Å². The van der Waals surface area contributed by atoms with Gasteiger partial charge in [-0.15, -0.1) is 6.07 Å². The molecule has 0 N–H and O–H groups in total. The van der Waals surface area contributed by atoms with Crippen molar-refractivity contribution in [1.29, 1.82) is 0 Å². The number of hydrogen-bond donors (Lipinski definition) is 0. The molecule has 0 bridgehead atoms. The summed E-state index contributed by atoms with van der Waals surface area (Å²) in [5.41, 5.74) is 2.29. The minimum absolute atomic E-state index is 0. The van der Waals surface area contributed by atoms with Gasteiger partial charge >= 0.3 is 0 Å². The van der Waals surface area contributed by atoms with E-state index < -0.39 is 0 Å². The van der Waals surface area contributed by atoms with Gasteiger partial charge in [-0.05, 0) is 16.6 Å². The second-order valence-electron chi connectivity index (χ2n) is 4.67. The van der Waals surface area contributed by atoms with Crippen LogP contribution < -0.4 is 10.3 Å². The topological polar surface area (TPSA) is 40.5 Å². The molecule has 0 saturated carbocycles. The Balaban J connectivity index is 0.00000242. The second-order valence-corrected chi connectivity index (χ2v) is 5.52. The molecule has 0 atom stereocenters. The molecule has 2 rings (SSSR count). The van der Waals surface area contributed by atoms with Crippen molar-refractivity contribution in [3.8, 4) is 17.0 Å². The first kappa shape index (κ1) is 19.6. The van der Waals surface area contributed by atoms with Gasteiger partial charge in [0.05, 0.1) is 6.61 Å². The summed E-state index contributed by atoms with van der Waals surface area (Å²) in [6.07, 6.45) is 0. The van der Waals surface area contributed by atoms with Crippen LogP contribution in [0.15, 0.2) is 33.5 Å². The van der Waals surface area contributed by atoms with Crippen LogP contribution in [0.25, 0.3) is 11.3 Å². The predicted octanol–water partition coefficient (Wildman–Crippen LogP) is 2.95. The number of nitrogens with zero attached hydrogens (tertiary/aromatic N) is 1. The van der Waals surface area contributed by atoms with E-state index in [1.54, 1.807) is 31.7 Å². The number of halogens is 1. The SMILES string of the molecule is COCCOc1ccc(-c2[c-]cc(C)c(=O)n2C)c(Br)c1.[Y]. The summed E-state index contributed by atoms with van der Waals surface area (Å²) >= 11 is 3.52. The van der Waals surface area contributed by atoms with E-state index in [-0.39, 0.29) is 38.3 Å². The van der Waals surface area contributed by atoms with E-state index >= 15 is 0 Å². The minimum Gasteiger partial charge on any atom is -0.491 e. The molecule has 0 unspecified atom stereocenters. The largest absolute Gasteiger partial charge is 0.491 e. The first-order valence-electron chi connectivity index (χ1n) is 6.54. The van der Waals surface area contributed by atoms with Gasteiger partial charge in [0.15, 0.2) is 5.56 Å². The van der Waals surface area contributed by atoms with Crippen LogP contribution in [-0.2, 0) is 44.5 Å². The van der Waals surface area contributed by atoms with Crippen LogP contribution in [0.5, 0.6) is 5.75 Å². The van der Waals surface area contributed by atoms with E-state index in [9.17, 15) is 4.79 Å². The zero-order valence-corrected chi connectivity index (χ0v) is 17.3. The fraction of sp³-hybridized carbons (Fsp3) is 0.312. The molecule has 2 aromatic rings. The normalized spacial score (nSPS) is 10.2. The van der Waals surface area contributed by atoms with Crippen molar-refractivity contribution < 1.29 is 42.2 Å². The molecule has 0 aliphatic heterocycles. The van der Waals surface area contributed by atoms with E-state index in [1.165, 1.54) is 0 Å². The quantitative estimate of drug-likeness (QED) is 0.531. The van der Waals surface area contributed by atoms with Crippen molar-refractivity contribution in [3.05, 3.63) is 50.7 Å². The Morgan fingerprint density at radius 3 is 2.68 bits per heavy atom. The number of hydrogen-bond acceptors (Lipinski definition) is 3. The van der Waals surface area contributed by atoms with Crippen molar-refractivity contribution in [3.63, 3.8) is 0 Å². The Hall–Kier alpha value is -0.486. The van der Waals surface area contributed by atoms with Crippen LogP contribution in [0.3, 0.4) is 0 Å². The van der Waals surface area contributed by atoms with Crippen LogP contribution >= 0.6 is 15.9 Å². The molecular weight excluding hydrogens is 423 g/mol. The molecule has 1 aromatic heterocycles. The maximum Gasteiger partial charge on any atom is 0.197 e. The van der Waals surface area contributed by atoms with Crippen molar-refractivity contribution in [2.24, 2.45) is 7.05 Å². The zero-order valence-electron chi connectivity index (χ0n) is 12.9. The van der Waals surface area contributed by atoms with E-state index in [0.717, 1.165) is 21.5 Å². The van der Waals surface area contributed by atoms with Crippen LogP contribution in [0, 0.1) is 13.0 Å². The monoisotopic (exact) mass is 439 g/mol. The van der Waals surface area contributed by atoms with E-state index in [1.807, 2.05) is 18.2 Å². The Bertz CT molecular complexity index is 700. The summed E-state index contributed by atoms with van der Waals surface area (Å²) in [5, 5.41) is 0. The summed E-state index contributed by atoms with van der Waals surface area (Å²) in [4.78, 5) is 12.0. The molecule has 0 aliphatic rings. The number of pyridine rings is 1. The number of methoxy groups -OCH3 is 1. The number of benzene rings is 1. The number of aryl methyl sites for hydroxylation is 1. The molecule has 115 valence electrons. The smallest absolute Gasteiger partial charge is 0.197 e. The fourth-order valence-electron chi connectivity index (χ4n) is 1.98. The summed E-state index contributed by atoms with van der Waals surface area (Å²) in [5.74, 6) is 0.750. The molecule has 4 nitrogen and oxygen atoms in total. The Morgan fingerprint density at radius 1 is 1.32 bits per heavy atom. The fourth-order valence-corrected chi connectivity index (χ4v) is 2.53. The molecule has 0 saturated heterocycles. The average Bonchev–Trinajstić information content (AvgIpc) is 2.46. The average molecular weight is 440 g/mol. The van der Waals surface area contributed by atoms with Crippen molar-refractivity contribution in [1.82, 2.24) is 4.57 Å². The number of aromatic nitrogens is 1. The van der Waals surface area contributed by atoms with Crippen LogP contribution in [0.2, 0.25) is 0 Å². The van der Waals surface area contributed by atoms with Gasteiger partial charge in [-0.2, -0.15) is 12.1 Å². The molecular formula is C16H17BrNO3Y-. The molecule has 0 spiro atoms. The number of ether oxygens (including phenoxy) is 2. The Morgan fingerprint density at radius 2 is 2.05 bits per heavy atom. The molecule has 1 radical (unpaired) electrons. The summed E-state index contributed by atoms with van der Waals surface area (Å²) in [6, 6.07) is 10.5. The van der Waals surface area contributed by atoms with E-state index in [0.29, 0.717) is 18.8 Å². The van der Waals surface area contributed by atoms with E-state index in [4.69, 9.17) is 9.47 Å². The van der Waals surface area contributed by atoms with Crippen molar-refractivity contribution >= 4 is 15.9 Å². The first-order chi connectivity index (χ1) is 10.0. The third kappa shape index (κ3) is 4.51. The Labute approximate surface area is 163 Å². The molecule has 1 heterocycles. The molecule has 22 heavy (non-hydrogen) atoms. The van der Waals surface area contributed by atoms with Crippen LogP contribution in [0.4, 0.5) is 0 Å². The van der Waals surface area contributed by atoms with Crippen molar-refractivity contribution in [2.75, 3.05) is 20.3 Å². The molecule has 1 aromatic carbocycles. The zero-order chi connectivity index (χ0) is 15.4. The number of rotatable bonds is 5. The molecule has 0 aliphatic carbocycles. The van der Waals surface area contributed by atoms with E-state index in [2.05, 4.69) is 22.0 Å². The summed E-state index contributed by atoms with van der Waals surface area (Å²) in [6.45, 7) is 2.82. The predicted molar refractivity (Wildman–Crippen MR) is 85.8 cm³/mol. The van der Waals surface area contributed by atoms with Crippen LogP contribution in [0.1, 0.15) is 5.56 Å². The molecule has 0 fully saturated rings. The second kappa shape index (κ2) is 8.97. The Kier molecular flexibility index (Phi) is 7.97. The third-order valence-electron chi connectivity index (χ3n) is 3.15. The minimum atomic E-state index is -0.0175. The first-order valence-corrected chi connectivity index (χ1v) is 7.34. The van der Waals surface area contributed by atoms with Gasteiger partial charge in [-0.3, -0.25) is 4.79 Å². The van der Waals surface area contributed by atoms with Crippen LogP contribution in [-0.4, -0.2) is 24.9 Å². The summed E-state index contributed by atoms with van der Waals surface area (Å²) in [7, 11) is 3.38. The third-order valence-corrected chi connectivity index (χ3v) is 3.81. The molecule has 0 amide bonds. The maximum atomic E-state index is 12.0. The van der Waals surface area contributed by atoms with Crippen molar-refractivity contribution in [2.45, 2.75) is 6.92 Å². The van der Waals surface area contributed by atoms with Gasteiger partial charge in [0.2, 0.25) is 0 Å². The molecule has 6 heteroatoms.